The van der Waals surface area contributed by atoms with Gasteiger partial charge >= 0.3 is 0 Å². The lowest BCUT2D eigenvalue weighted by Crippen LogP contribution is -2.39. The van der Waals surface area contributed by atoms with Crippen LogP contribution in [0.15, 0.2) is 35.7 Å². The summed E-state index contributed by atoms with van der Waals surface area (Å²) in [4.78, 5) is 0. The molecule has 3 nitrogen and oxygen atoms in total. The van der Waals surface area contributed by atoms with Crippen molar-refractivity contribution in [3.63, 3.8) is 0 Å². The summed E-state index contributed by atoms with van der Waals surface area (Å²) >= 11 is 0. The van der Waals surface area contributed by atoms with Crippen LogP contribution in [-0.4, -0.2) is 11.2 Å². The Labute approximate surface area is 79.6 Å². The van der Waals surface area contributed by atoms with Crippen LogP contribution in [0.1, 0.15) is 20.8 Å². The van der Waals surface area contributed by atoms with Gasteiger partial charge in [-0.3, -0.25) is 5.01 Å². The van der Waals surface area contributed by atoms with Crippen molar-refractivity contribution in [2.45, 2.75) is 26.9 Å². The average molecular weight is 179 g/mol. The normalized spacial score (nSPS) is 24.3. The topological polar surface area (TPSA) is 41.3 Å². The summed E-state index contributed by atoms with van der Waals surface area (Å²) in [6, 6.07) is 0. The fourth-order valence-corrected chi connectivity index (χ4v) is 1.32. The lowest BCUT2D eigenvalue weighted by Gasteiger charge is -2.21. The van der Waals surface area contributed by atoms with Crippen molar-refractivity contribution >= 4 is 0 Å². The van der Waals surface area contributed by atoms with E-state index in [1.54, 1.807) is 0 Å². The number of allylic oxidation sites excluding steroid dienone is 3. The Kier molecular flexibility index (Phi) is 3.28. The molecule has 1 unspecified atom stereocenters. The van der Waals surface area contributed by atoms with Crippen molar-refractivity contribution in [1.82, 2.24) is 10.4 Å². The number of hydrogen-bond donors (Lipinski definition) is 2. The maximum atomic E-state index is 5.67. The van der Waals surface area contributed by atoms with Crippen LogP contribution in [0.5, 0.6) is 0 Å². The molecule has 3 heteroatoms. The minimum absolute atomic E-state index is 0.0453. The number of nitrogens with zero attached hydrogens (tertiary/aromatic N) is 1. The summed E-state index contributed by atoms with van der Waals surface area (Å²) in [5.74, 6) is 0. The Morgan fingerprint density at radius 3 is 2.77 bits per heavy atom. The van der Waals surface area contributed by atoms with Gasteiger partial charge in [0, 0.05) is 6.20 Å². The first-order valence-electron chi connectivity index (χ1n) is 4.65. The van der Waals surface area contributed by atoms with Crippen molar-refractivity contribution in [3.8, 4) is 0 Å². The predicted octanol–water partition coefficient (Wildman–Crippen LogP) is 1.48. The first-order chi connectivity index (χ1) is 6.27. The Hall–Kier alpha value is -1.06. The fraction of sp³-hybridized carbons (Fsp3) is 0.400. The van der Waals surface area contributed by atoms with Crippen LogP contribution in [0.2, 0.25) is 0 Å². The van der Waals surface area contributed by atoms with Gasteiger partial charge in [-0.05, 0) is 24.6 Å². The summed E-state index contributed by atoms with van der Waals surface area (Å²) in [7, 11) is 0. The molecule has 1 atom stereocenters. The van der Waals surface area contributed by atoms with Gasteiger partial charge in [-0.25, -0.2) is 5.43 Å². The molecule has 2 aliphatic rings. The first-order valence-corrected chi connectivity index (χ1v) is 4.65. The molecule has 0 saturated heterocycles. The average Bonchev–Trinajstić information content (AvgIpc) is 2.51. The van der Waals surface area contributed by atoms with Crippen molar-refractivity contribution in [1.29, 1.82) is 0 Å². The molecule has 0 aliphatic carbocycles. The van der Waals surface area contributed by atoms with Crippen molar-refractivity contribution in [2.24, 2.45) is 5.73 Å². The van der Waals surface area contributed by atoms with Crippen LogP contribution in [0, 0.1) is 0 Å². The Morgan fingerprint density at radius 1 is 1.46 bits per heavy atom. The van der Waals surface area contributed by atoms with E-state index < -0.39 is 0 Å². The number of nitrogens with one attached hydrogen (secondary N) is 1. The number of hydrogen-bond acceptors (Lipinski definition) is 3. The fourth-order valence-electron chi connectivity index (χ4n) is 1.32. The zero-order valence-corrected chi connectivity index (χ0v) is 8.41. The molecule has 0 aromatic carbocycles. The Morgan fingerprint density at radius 2 is 2.15 bits per heavy atom. The van der Waals surface area contributed by atoms with Crippen LogP contribution in [0.4, 0.5) is 0 Å². The van der Waals surface area contributed by atoms with E-state index in [1.807, 2.05) is 37.2 Å². The van der Waals surface area contributed by atoms with Gasteiger partial charge in [0.05, 0.1) is 11.9 Å². The van der Waals surface area contributed by atoms with Gasteiger partial charge in [0.1, 0.15) is 0 Å². The lowest BCUT2D eigenvalue weighted by molar-refractivity contribution is 0.350. The summed E-state index contributed by atoms with van der Waals surface area (Å²) in [6.07, 6.45) is 8.00. The van der Waals surface area contributed by atoms with Gasteiger partial charge in [0.15, 0.2) is 0 Å². The number of fused-ring (bicyclic) bond motifs is 1. The highest BCUT2D eigenvalue weighted by molar-refractivity contribution is 5.38. The molecule has 0 aromatic rings. The van der Waals surface area contributed by atoms with Gasteiger partial charge in [-0.1, -0.05) is 19.9 Å². The second-order valence-electron chi connectivity index (χ2n) is 2.77. The summed E-state index contributed by atoms with van der Waals surface area (Å²) < 4.78 is 0. The summed E-state index contributed by atoms with van der Waals surface area (Å²) in [6.45, 7) is 6.07. The van der Waals surface area contributed by atoms with E-state index in [4.69, 9.17) is 5.73 Å². The third-order valence-electron chi connectivity index (χ3n) is 1.87. The standard InChI is InChI=1S/C8H11N3.C2H6/c1-6-3-2-4-11-7(6)5-8(9)10-11;1-2/h2-5,8,10H,9H2,1H3;1-2H3. The highest BCUT2D eigenvalue weighted by atomic mass is 15.5. The molecule has 2 heterocycles. The van der Waals surface area contributed by atoms with E-state index in [9.17, 15) is 0 Å². The maximum absolute atomic E-state index is 5.67. The third kappa shape index (κ3) is 1.99. The van der Waals surface area contributed by atoms with Crippen LogP contribution in [0.25, 0.3) is 0 Å². The zero-order valence-electron chi connectivity index (χ0n) is 8.41. The molecule has 3 N–H and O–H groups in total. The lowest BCUT2D eigenvalue weighted by atomic mass is 10.1. The van der Waals surface area contributed by atoms with E-state index in [1.165, 1.54) is 11.3 Å². The van der Waals surface area contributed by atoms with Crippen LogP contribution in [-0.2, 0) is 0 Å². The summed E-state index contributed by atoms with van der Waals surface area (Å²) in [5, 5.41) is 1.94. The second kappa shape index (κ2) is 4.25. The van der Waals surface area contributed by atoms with Crippen molar-refractivity contribution in [3.05, 3.63) is 35.7 Å². The highest BCUT2D eigenvalue weighted by Gasteiger charge is 2.20. The third-order valence-corrected chi connectivity index (χ3v) is 1.87. The molecule has 0 amide bonds. The smallest absolute Gasteiger partial charge is 0.0942 e. The van der Waals surface area contributed by atoms with E-state index in [0.29, 0.717) is 0 Å². The maximum Gasteiger partial charge on any atom is 0.0942 e. The highest BCUT2D eigenvalue weighted by Crippen LogP contribution is 2.21. The molecule has 13 heavy (non-hydrogen) atoms. The molecule has 2 rings (SSSR count). The quantitative estimate of drug-likeness (QED) is 0.591. The van der Waals surface area contributed by atoms with Crippen LogP contribution < -0.4 is 11.2 Å². The largest absolute Gasteiger partial charge is 0.311 e. The molecule has 0 fully saturated rings. The molecule has 72 valence electrons. The minimum atomic E-state index is -0.0453. The second-order valence-corrected chi connectivity index (χ2v) is 2.77. The van der Waals surface area contributed by atoms with Crippen molar-refractivity contribution < 1.29 is 0 Å². The molecular formula is C10H17N3. The van der Waals surface area contributed by atoms with E-state index in [2.05, 4.69) is 18.4 Å². The number of rotatable bonds is 0. The van der Waals surface area contributed by atoms with Crippen LogP contribution in [0.3, 0.4) is 0 Å². The van der Waals surface area contributed by atoms with E-state index in [0.717, 1.165) is 0 Å². The molecule has 0 bridgehead atoms. The Balaban J connectivity index is 0.000000396. The molecule has 0 aromatic heterocycles. The predicted molar refractivity (Wildman–Crippen MR) is 55.3 cm³/mol. The van der Waals surface area contributed by atoms with Gasteiger partial charge in [-0.15, -0.1) is 0 Å². The van der Waals surface area contributed by atoms with Crippen LogP contribution >= 0.6 is 0 Å². The number of nitrogens with two attached hydrogens (primary N) is 1. The van der Waals surface area contributed by atoms with E-state index in [-0.39, 0.29) is 6.17 Å². The summed E-state index contributed by atoms with van der Waals surface area (Å²) in [5.41, 5.74) is 11.2. The van der Waals surface area contributed by atoms with Gasteiger partial charge < -0.3 is 5.73 Å². The molecule has 0 radical (unpaired) electrons. The molecule has 0 spiro atoms. The van der Waals surface area contributed by atoms with Gasteiger partial charge in [0.2, 0.25) is 0 Å². The monoisotopic (exact) mass is 179 g/mol. The molecule has 0 saturated carbocycles. The number of hydrazine groups is 1. The molecule has 2 aliphatic heterocycles. The van der Waals surface area contributed by atoms with E-state index >= 15 is 0 Å². The van der Waals surface area contributed by atoms with Crippen molar-refractivity contribution in [2.75, 3.05) is 0 Å². The minimum Gasteiger partial charge on any atom is -0.311 e. The van der Waals surface area contributed by atoms with Gasteiger partial charge in [-0.2, -0.15) is 0 Å². The zero-order chi connectivity index (χ0) is 9.84. The Bertz CT molecular complexity index is 263. The SMILES string of the molecule is CC.CC1=CC=CN2NC(N)C=C12. The first kappa shape index (κ1) is 10.0. The van der Waals surface area contributed by atoms with Gasteiger partial charge in [0.25, 0.3) is 0 Å². The molecular weight excluding hydrogens is 162 g/mol.